The first kappa shape index (κ1) is 17.0. The van der Waals surface area contributed by atoms with E-state index < -0.39 is 17.7 Å². The molecule has 7 heteroatoms. The number of anilines is 1. The van der Waals surface area contributed by atoms with Crippen LogP contribution in [0.1, 0.15) is 40.5 Å². The van der Waals surface area contributed by atoms with Crippen LogP contribution in [0.5, 0.6) is 0 Å². The first-order chi connectivity index (χ1) is 11.1. The molecular weight excluding hydrogens is 330 g/mol. The molecule has 24 heavy (non-hydrogen) atoms. The van der Waals surface area contributed by atoms with E-state index in [1.165, 1.54) is 0 Å². The largest absolute Gasteiger partial charge is 0.444 e. The summed E-state index contributed by atoms with van der Waals surface area (Å²) >= 11 is 5.85. The quantitative estimate of drug-likeness (QED) is 0.828. The standard InChI is InChI=1S/C17H22ClN3O3/c1-16(2,3)24-15(23)21-10(8-17(4)9-11(17)21)14(22)20-13-7-5-6-12(18)19-13/h5-7,10-11H,8-9H2,1-4H3,(H,19,20,22)/t10-,11-,17+/m1/s1. The van der Waals surface area contributed by atoms with Crippen molar-refractivity contribution in [2.45, 2.75) is 58.2 Å². The van der Waals surface area contributed by atoms with Gasteiger partial charge in [-0.05, 0) is 51.2 Å². The van der Waals surface area contributed by atoms with Crippen LogP contribution in [0.4, 0.5) is 10.6 Å². The lowest BCUT2D eigenvalue weighted by Crippen LogP contribution is -2.47. The van der Waals surface area contributed by atoms with Crippen LogP contribution in [0.2, 0.25) is 5.15 Å². The van der Waals surface area contributed by atoms with Crippen molar-refractivity contribution >= 4 is 29.4 Å². The molecule has 1 aromatic heterocycles. The number of nitrogens with one attached hydrogen (secondary N) is 1. The zero-order chi connectivity index (χ0) is 17.7. The number of rotatable bonds is 2. The molecule has 0 unspecified atom stereocenters. The number of amides is 2. The molecule has 1 saturated carbocycles. The van der Waals surface area contributed by atoms with Gasteiger partial charge in [0.05, 0.1) is 0 Å². The molecule has 3 atom stereocenters. The van der Waals surface area contributed by atoms with Gasteiger partial charge in [-0.1, -0.05) is 24.6 Å². The molecule has 3 rings (SSSR count). The lowest BCUT2D eigenvalue weighted by Gasteiger charge is -2.29. The maximum absolute atomic E-state index is 12.7. The van der Waals surface area contributed by atoms with Gasteiger partial charge in [0.15, 0.2) is 0 Å². The van der Waals surface area contributed by atoms with Crippen molar-refractivity contribution in [1.29, 1.82) is 0 Å². The smallest absolute Gasteiger partial charge is 0.411 e. The minimum Gasteiger partial charge on any atom is -0.444 e. The van der Waals surface area contributed by atoms with E-state index in [1.54, 1.807) is 23.1 Å². The minimum absolute atomic E-state index is 0.000667. The van der Waals surface area contributed by atoms with E-state index in [0.29, 0.717) is 17.4 Å². The Labute approximate surface area is 146 Å². The van der Waals surface area contributed by atoms with Crippen LogP contribution in [-0.2, 0) is 9.53 Å². The van der Waals surface area contributed by atoms with Crippen LogP contribution >= 0.6 is 11.6 Å². The van der Waals surface area contributed by atoms with Gasteiger partial charge in [0, 0.05) is 6.04 Å². The fourth-order valence-electron chi connectivity index (χ4n) is 3.27. The van der Waals surface area contributed by atoms with E-state index in [9.17, 15) is 9.59 Å². The van der Waals surface area contributed by atoms with Gasteiger partial charge in [-0.25, -0.2) is 9.78 Å². The molecule has 1 aliphatic carbocycles. The van der Waals surface area contributed by atoms with Gasteiger partial charge >= 0.3 is 6.09 Å². The number of hydrogen-bond donors (Lipinski definition) is 1. The Morgan fingerprint density at radius 3 is 2.71 bits per heavy atom. The predicted molar refractivity (Wildman–Crippen MR) is 90.9 cm³/mol. The Morgan fingerprint density at radius 1 is 1.38 bits per heavy atom. The monoisotopic (exact) mass is 351 g/mol. The normalized spacial score (nSPS) is 28.3. The van der Waals surface area contributed by atoms with Gasteiger partial charge in [0.2, 0.25) is 5.91 Å². The summed E-state index contributed by atoms with van der Waals surface area (Å²) in [6, 6.07) is 4.53. The van der Waals surface area contributed by atoms with E-state index in [1.807, 2.05) is 20.8 Å². The third-order valence-corrected chi connectivity index (χ3v) is 4.72. The molecule has 0 aromatic carbocycles. The molecule has 130 valence electrons. The van der Waals surface area contributed by atoms with Gasteiger partial charge in [-0.15, -0.1) is 0 Å². The lowest BCUT2D eigenvalue weighted by atomic mass is 10.0. The lowest BCUT2D eigenvalue weighted by molar-refractivity contribution is -0.121. The number of hydrogen-bond acceptors (Lipinski definition) is 4. The van der Waals surface area contributed by atoms with E-state index in [4.69, 9.17) is 16.3 Å². The molecule has 2 heterocycles. The van der Waals surface area contributed by atoms with Gasteiger partial charge in [-0.3, -0.25) is 9.69 Å². The second kappa shape index (κ2) is 5.62. The highest BCUT2D eigenvalue weighted by Gasteiger charge is 2.65. The fraction of sp³-hybridized carbons (Fsp3) is 0.588. The molecule has 1 aliphatic heterocycles. The van der Waals surface area contributed by atoms with E-state index >= 15 is 0 Å². The van der Waals surface area contributed by atoms with Crippen LogP contribution in [0.25, 0.3) is 0 Å². The highest BCUT2D eigenvalue weighted by Crippen LogP contribution is 2.59. The Bertz CT molecular complexity index is 688. The van der Waals surface area contributed by atoms with Gasteiger partial charge in [0.25, 0.3) is 0 Å². The second-order valence-electron chi connectivity index (χ2n) is 7.82. The summed E-state index contributed by atoms with van der Waals surface area (Å²) in [6.45, 7) is 7.55. The van der Waals surface area contributed by atoms with Gasteiger partial charge < -0.3 is 10.1 Å². The number of aromatic nitrogens is 1. The molecule has 1 saturated heterocycles. The molecular formula is C17H22ClN3O3. The molecule has 1 aromatic rings. The number of fused-ring (bicyclic) bond motifs is 1. The summed E-state index contributed by atoms with van der Waals surface area (Å²) in [7, 11) is 0. The summed E-state index contributed by atoms with van der Waals surface area (Å²) in [5.41, 5.74) is -0.596. The fourth-order valence-corrected chi connectivity index (χ4v) is 3.43. The van der Waals surface area contributed by atoms with Crippen molar-refractivity contribution in [1.82, 2.24) is 9.88 Å². The zero-order valence-corrected chi connectivity index (χ0v) is 15.1. The predicted octanol–water partition coefficient (Wildman–Crippen LogP) is 3.46. The maximum atomic E-state index is 12.7. The maximum Gasteiger partial charge on any atom is 0.411 e. The molecule has 2 amide bonds. The Morgan fingerprint density at radius 2 is 2.08 bits per heavy atom. The molecule has 1 N–H and O–H groups in total. The zero-order valence-electron chi connectivity index (χ0n) is 14.3. The van der Waals surface area contributed by atoms with Crippen LogP contribution in [0.3, 0.4) is 0 Å². The highest BCUT2D eigenvalue weighted by molar-refractivity contribution is 6.29. The number of pyridine rings is 1. The van der Waals surface area contributed by atoms with Crippen LogP contribution < -0.4 is 5.32 Å². The van der Waals surface area contributed by atoms with Crippen molar-refractivity contribution in [3.8, 4) is 0 Å². The van der Waals surface area contributed by atoms with Crippen molar-refractivity contribution in [2.75, 3.05) is 5.32 Å². The molecule has 2 fully saturated rings. The third-order valence-electron chi connectivity index (χ3n) is 4.51. The van der Waals surface area contributed by atoms with Crippen molar-refractivity contribution in [3.63, 3.8) is 0 Å². The van der Waals surface area contributed by atoms with E-state index in [0.717, 1.165) is 6.42 Å². The van der Waals surface area contributed by atoms with E-state index in [-0.39, 0.29) is 17.4 Å². The summed E-state index contributed by atoms with van der Waals surface area (Å²) in [4.78, 5) is 30.9. The summed E-state index contributed by atoms with van der Waals surface area (Å²) in [5.74, 6) is 0.117. The Kier molecular flexibility index (Phi) is 3.98. The van der Waals surface area contributed by atoms with Crippen molar-refractivity contribution < 1.29 is 14.3 Å². The summed E-state index contributed by atoms with van der Waals surface area (Å²) in [5, 5.41) is 3.05. The molecule has 0 spiro atoms. The first-order valence-corrected chi connectivity index (χ1v) is 8.42. The number of carbonyl (C=O) groups excluding carboxylic acids is 2. The first-order valence-electron chi connectivity index (χ1n) is 8.04. The number of nitrogens with zero attached hydrogens (tertiary/aromatic N) is 2. The van der Waals surface area contributed by atoms with Gasteiger partial charge in [-0.2, -0.15) is 0 Å². The van der Waals surface area contributed by atoms with Crippen LogP contribution in [0, 0.1) is 5.41 Å². The highest BCUT2D eigenvalue weighted by atomic mass is 35.5. The number of ether oxygens (including phenoxy) is 1. The number of likely N-dealkylation sites (tertiary alicyclic amines) is 1. The third kappa shape index (κ3) is 3.34. The summed E-state index contributed by atoms with van der Waals surface area (Å²) < 4.78 is 5.48. The van der Waals surface area contributed by atoms with Gasteiger partial charge in [0.1, 0.15) is 22.6 Å². The van der Waals surface area contributed by atoms with Crippen LogP contribution in [0.15, 0.2) is 18.2 Å². The van der Waals surface area contributed by atoms with E-state index in [2.05, 4.69) is 17.2 Å². The topological polar surface area (TPSA) is 71.5 Å². The second-order valence-corrected chi connectivity index (χ2v) is 8.20. The van der Waals surface area contributed by atoms with Crippen molar-refractivity contribution in [3.05, 3.63) is 23.4 Å². The molecule has 0 bridgehead atoms. The minimum atomic E-state index is -0.597. The number of carbonyl (C=O) groups is 2. The van der Waals surface area contributed by atoms with Crippen molar-refractivity contribution in [2.24, 2.45) is 5.41 Å². The number of halogens is 1. The molecule has 6 nitrogen and oxygen atoms in total. The average molecular weight is 352 g/mol. The summed E-state index contributed by atoms with van der Waals surface area (Å²) in [6.07, 6.45) is 1.10. The SMILES string of the molecule is CC(C)(C)OC(=O)N1[C@@H](C(=O)Nc2cccc(Cl)n2)C[C@@]2(C)C[C@@H]12. The Hall–Kier alpha value is -1.82. The number of piperidine rings is 1. The molecule has 0 radical (unpaired) electrons. The average Bonchev–Trinajstić information content (AvgIpc) is 2.98. The Balaban J connectivity index is 1.75. The molecule has 2 aliphatic rings. The van der Waals surface area contributed by atoms with Crippen LogP contribution in [-0.4, -0.2) is 39.6 Å².